The number of hydrogen-bond acceptors (Lipinski definition) is 5. The molecule has 0 unspecified atom stereocenters. The number of halogens is 1. The zero-order valence-corrected chi connectivity index (χ0v) is 23.5. The highest BCUT2D eigenvalue weighted by Crippen LogP contribution is 2.20. The summed E-state index contributed by atoms with van der Waals surface area (Å²) in [5.41, 5.74) is 1.88. The van der Waals surface area contributed by atoms with Crippen molar-refractivity contribution < 1.29 is 22.3 Å². The first kappa shape index (κ1) is 30.4. The number of thiophene rings is 1. The third-order valence-electron chi connectivity index (χ3n) is 6.16. The molecule has 202 valence electrons. The third-order valence-corrected chi connectivity index (χ3v) is 9.07. The number of unbranched alkanes of at least 4 members (excludes halogenated alkanes) is 5. The number of methoxy groups -OCH3 is 1. The molecule has 0 radical (unpaired) electrons. The van der Waals surface area contributed by atoms with Gasteiger partial charge in [-0.2, -0.15) is 4.31 Å². The number of carbonyl (C=O) groups excluding carboxylic acids is 1. The highest BCUT2D eigenvalue weighted by atomic mass is 32.2. The van der Waals surface area contributed by atoms with Crippen LogP contribution in [0.2, 0.25) is 0 Å². The van der Waals surface area contributed by atoms with Crippen molar-refractivity contribution in [3.05, 3.63) is 57.5 Å². The van der Waals surface area contributed by atoms with Gasteiger partial charge in [0.2, 0.25) is 15.9 Å². The van der Waals surface area contributed by atoms with Gasteiger partial charge in [0, 0.05) is 31.7 Å². The number of hydrogen-bond donors (Lipinski definition) is 0. The fourth-order valence-corrected chi connectivity index (χ4v) is 6.39. The summed E-state index contributed by atoms with van der Waals surface area (Å²) < 4.78 is 46.3. The first-order chi connectivity index (χ1) is 17.3. The van der Waals surface area contributed by atoms with E-state index in [9.17, 15) is 17.6 Å². The average Bonchev–Trinajstić information content (AvgIpc) is 3.25. The summed E-state index contributed by atoms with van der Waals surface area (Å²) in [4.78, 5) is 16.2. The van der Waals surface area contributed by atoms with Gasteiger partial charge in [0.05, 0.1) is 18.8 Å². The fourth-order valence-electron chi connectivity index (χ4n) is 3.93. The van der Waals surface area contributed by atoms with Crippen molar-refractivity contribution in [1.82, 2.24) is 9.21 Å². The van der Waals surface area contributed by atoms with Crippen LogP contribution in [-0.2, 0) is 32.6 Å². The molecule has 1 heterocycles. The molecule has 0 spiro atoms. The molecule has 0 N–H and O–H groups in total. The molecule has 1 aromatic carbocycles. The van der Waals surface area contributed by atoms with Gasteiger partial charge in [-0.1, -0.05) is 51.2 Å². The topological polar surface area (TPSA) is 66.9 Å². The number of aryl methyl sites for hydroxylation is 1. The van der Waals surface area contributed by atoms with Crippen LogP contribution in [0.1, 0.15) is 67.9 Å². The molecule has 0 aliphatic carbocycles. The highest BCUT2D eigenvalue weighted by molar-refractivity contribution is 7.89. The Morgan fingerprint density at radius 2 is 1.69 bits per heavy atom. The Hall–Kier alpha value is -1.81. The molecule has 9 heteroatoms. The Labute approximate surface area is 220 Å². The second-order valence-corrected chi connectivity index (χ2v) is 12.3. The lowest BCUT2D eigenvalue weighted by molar-refractivity contribution is -0.132. The van der Waals surface area contributed by atoms with Crippen molar-refractivity contribution in [3.63, 3.8) is 0 Å². The third kappa shape index (κ3) is 10.7. The van der Waals surface area contributed by atoms with Gasteiger partial charge in [-0.15, -0.1) is 11.3 Å². The maximum Gasteiger partial charge on any atom is 0.238 e. The summed E-state index contributed by atoms with van der Waals surface area (Å²) in [7, 11) is -2.01. The van der Waals surface area contributed by atoms with E-state index in [4.69, 9.17) is 4.74 Å². The summed E-state index contributed by atoms with van der Waals surface area (Å²) in [6, 6.07) is 8.06. The maximum absolute atomic E-state index is 13.5. The van der Waals surface area contributed by atoms with Crippen molar-refractivity contribution in [1.29, 1.82) is 0 Å². The molecule has 1 amide bonds. The minimum absolute atomic E-state index is 0.0430. The molecule has 0 saturated carbocycles. The van der Waals surface area contributed by atoms with Crippen molar-refractivity contribution >= 4 is 27.3 Å². The molecule has 0 bridgehead atoms. The minimum Gasteiger partial charge on any atom is -0.385 e. The van der Waals surface area contributed by atoms with E-state index >= 15 is 0 Å². The van der Waals surface area contributed by atoms with Crippen LogP contribution in [0.3, 0.4) is 0 Å². The number of sulfonamides is 1. The Morgan fingerprint density at radius 3 is 2.33 bits per heavy atom. The molecule has 1 aromatic heterocycles. The lowest BCUT2D eigenvalue weighted by atomic mass is 10.1. The Bertz CT molecular complexity index is 1010. The smallest absolute Gasteiger partial charge is 0.238 e. The van der Waals surface area contributed by atoms with Crippen LogP contribution in [0.25, 0.3) is 0 Å². The van der Waals surface area contributed by atoms with Crippen molar-refractivity contribution in [2.24, 2.45) is 0 Å². The molecule has 0 saturated heterocycles. The van der Waals surface area contributed by atoms with Gasteiger partial charge in [-0.25, -0.2) is 12.8 Å². The molecule has 0 atom stereocenters. The van der Waals surface area contributed by atoms with Gasteiger partial charge in [0.1, 0.15) is 5.82 Å². The fraction of sp³-hybridized carbons (Fsp3) is 0.593. The Morgan fingerprint density at radius 1 is 1.00 bits per heavy atom. The maximum atomic E-state index is 13.5. The molecule has 0 aliphatic heterocycles. The van der Waals surface area contributed by atoms with E-state index in [1.54, 1.807) is 35.5 Å². The van der Waals surface area contributed by atoms with Gasteiger partial charge in [-0.3, -0.25) is 4.79 Å². The van der Waals surface area contributed by atoms with Crippen molar-refractivity contribution in [2.75, 3.05) is 32.6 Å². The van der Waals surface area contributed by atoms with Gasteiger partial charge < -0.3 is 9.64 Å². The minimum atomic E-state index is -3.59. The lowest BCUT2D eigenvalue weighted by Crippen LogP contribution is -2.43. The monoisotopic (exact) mass is 540 g/mol. The molecular weight excluding hydrogens is 499 g/mol. The standard InChI is InChI=1S/C27H41FN2O4S2/c1-4-5-6-7-8-9-19-36(32,33)30(16-10-17-34-3)22-27(31)29(21-26-23(2)15-18-35-26)20-24-11-13-25(28)14-12-24/h11-15,18H,4-10,16-17,19-22H2,1-3H3. The predicted octanol–water partition coefficient (Wildman–Crippen LogP) is 5.75. The van der Waals surface area contributed by atoms with E-state index in [1.807, 2.05) is 18.4 Å². The summed E-state index contributed by atoms with van der Waals surface area (Å²) in [5.74, 6) is -0.562. The van der Waals surface area contributed by atoms with E-state index in [0.29, 0.717) is 26.0 Å². The van der Waals surface area contributed by atoms with E-state index in [0.717, 1.165) is 48.1 Å². The highest BCUT2D eigenvalue weighted by Gasteiger charge is 2.27. The second-order valence-electron chi connectivity index (χ2n) is 9.17. The molecule has 6 nitrogen and oxygen atoms in total. The summed E-state index contributed by atoms with van der Waals surface area (Å²) in [6.07, 6.45) is 6.43. The molecule has 36 heavy (non-hydrogen) atoms. The van der Waals surface area contributed by atoms with Crippen LogP contribution >= 0.6 is 11.3 Å². The Balaban J connectivity index is 2.14. The SMILES string of the molecule is CCCCCCCCS(=O)(=O)N(CCCOC)CC(=O)N(Cc1ccc(F)cc1)Cc1sccc1C. The summed E-state index contributed by atoms with van der Waals surface area (Å²) in [5, 5.41) is 1.98. The van der Waals surface area contributed by atoms with Crippen LogP contribution in [0.15, 0.2) is 35.7 Å². The summed E-state index contributed by atoms with van der Waals surface area (Å²) in [6.45, 7) is 5.24. The van der Waals surface area contributed by atoms with E-state index in [1.165, 1.54) is 16.4 Å². The lowest BCUT2D eigenvalue weighted by Gasteiger charge is -2.27. The summed E-state index contributed by atoms with van der Waals surface area (Å²) >= 11 is 1.57. The number of rotatable bonds is 18. The van der Waals surface area contributed by atoms with E-state index in [-0.39, 0.29) is 37.1 Å². The predicted molar refractivity (Wildman–Crippen MR) is 145 cm³/mol. The quantitative estimate of drug-likeness (QED) is 0.226. The molecule has 0 aliphatic rings. The molecule has 2 aromatic rings. The number of carbonyl (C=O) groups is 1. The van der Waals surface area contributed by atoms with Crippen molar-refractivity contribution in [2.45, 2.75) is 71.9 Å². The van der Waals surface area contributed by atoms with Gasteiger partial charge in [0.25, 0.3) is 0 Å². The Kier molecular flexibility index (Phi) is 13.6. The number of nitrogens with zero attached hydrogens (tertiary/aromatic N) is 2. The van der Waals surface area contributed by atoms with Gasteiger partial charge in [-0.05, 0) is 54.5 Å². The van der Waals surface area contributed by atoms with Crippen LogP contribution < -0.4 is 0 Å². The largest absolute Gasteiger partial charge is 0.385 e. The number of ether oxygens (including phenoxy) is 1. The van der Waals surface area contributed by atoms with Crippen LogP contribution in [0, 0.1) is 12.7 Å². The van der Waals surface area contributed by atoms with Crippen LogP contribution in [-0.4, -0.2) is 56.1 Å². The zero-order chi connectivity index (χ0) is 26.4. The molecule has 0 fully saturated rings. The number of benzene rings is 1. The first-order valence-electron chi connectivity index (χ1n) is 12.8. The van der Waals surface area contributed by atoms with Crippen LogP contribution in [0.4, 0.5) is 4.39 Å². The normalized spacial score (nSPS) is 11.8. The molecular formula is C27H41FN2O4S2. The van der Waals surface area contributed by atoms with E-state index in [2.05, 4.69) is 6.92 Å². The van der Waals surface area contributed by atoms with Gasteiger partial charge >= 0.3 is 0 Å². The molecule has 2 rings (SSSR count). The number of amides is 1. The van der Waals surface area contributed by atoms with Crippen molar-refractivity contribution in [3.8, 4) is 0 Å². The second kappa shape index (κ2) is 16.1. The first-order valence-corrected chi connectivity index (χ1v) is 15.3. The van der Waals surface area contributed by atoms with Crippen LogP contribution in [0.5, 0.6) is 0 Å². The van der Waals surface area contributed by atoms with Gasteiger partial charge in [0.15, 0.2) is 0 Å². The zero-order valence-electron chi connectivity index (χ0n) is 21.9. The van der Waals surface area contributed by atoms with E-state index < -0.39 is 10.0 Å². The average molecular weight is 541 g/mol.